The molecule has 7 nitrogen and oxygen atoms in total. The quantitative estimate of drug-likeness (QED) is 0.799. The van der Waals surface area contributed by atoms with Crippen molar-refractivity contribution in [1.29, 1.82) is 0 Å². The Labute approximate surface area is 146 Å². The van der Waals surface area contributed by atoms with Crippen LogP contribution in [0.2, 0.25) is 0 Å². The van der Waals surface area contributed by atoms with Crippen molar-refractivity contribution in [3.8, 4) is 0 Å². The number of carbonyl (C=O) groups excluding carboxylic acids is 2. The average molecular weight is 354 g/mol. The van der Waals surface area contributed by atoms with Crippen LogP contribution < -0.4 is 0 Å². The standard InChI is InChI=1S/C16H21FN2O3.CH2O2/c1-11-8-13(4-5-14(11)17)9-19-12(2)16(21)18(6-7-22-3)10-15(19)20;2-1-3/h4-5,8,12H,6-7,9-10H2,1-3H3;1H,(H,2,3)/t12-;/m0./s1. The van der Waals surface area contributed by atoms with Crippen LogP contribution in [-0.4, -0.2) is 66.0 Å². The van der Waals surface area contributed by atoms with Crippen molar-refractivity contribution in [2.75, 3.05) is 26.8 Å². The molecule has 1 aliphatic heterocycles. The lowest BCUT2D eigenvalue weighted by atomic mass is 10.1. The first kappa shape index (κ1) is 20.6. The predicted molar refractivity (Wildman–Crippen MR) is 88.3 cm³/mol. The Hall–Kier alpha value is -2.48. The Morgan fingerprint density at radius 2 is 2.04 bits per heavy atom. The van der Waals surface area contributed by atoms with Crippen LogP contribution in [0, 0.1) is 12.7 Å². The molecule has 0 aromatic heterocycles. The number of amides is 2. The molecule has 2 amide bonds. The summed E-state index contributed by atoms with van der Waals surface area (Å²) in [7, 11) is 1.56. The van der Waals surface area contributed by atoms with E-state index in [-0.39, 0.29) is 30.6 Å². The highest BCUT2D eigenvalue weighted by molar-refractivity contribution is 5.94. The zero-order valence-electron chi connectivity index (χ0n) is 14.6. The number of aryl methyl sites for hydroxylation is 1. The summed E-state index contributed by atoms with van der Waals surface area (Å²) in [5.74, 6) is -0.468. The van der Waals surface area contributed by atoms with E-state index in [2.05, 4.69) is 0 Å². The van der Waals surface area contributed by atoms with Gasteiger partial charge in [0.1, 0.15) is 11.9 Å². The molecule has 0 spiro atoms. The fourth-order valence-electron chi connectivity index (χ4n) is 2.56. The Morgan fingerprint density at radius 1 is 1.40 bits per heavy atom. The molecule has 1 heterocycles. The van der Waals surface area contributed by atoms with E-state index in [0.29, 0.717) is 25.3 Å². The highest BCUT2D eigenvalue weighted by Gasteiger charge is 2.36. The number of rotatable bonds is 5. The molecular formula is C17H23FN2O5. The Balaban J connectivity index is 0.000000970. The number of hydrogen-bond acceptors (Lipinski definition) is 4. The largest absolute Gasteiger partial charge is 0.483 e. The van der Waals surface area contributed by atoms with E-state index < -0.39 is 6.04 Å². The molecule has 0 aliphatic carbocycles. The summed E-state index contributed by atoms with van der Waals surface area (Å²) in [5, 5.41) is 6.89. The van der Waals surface area contributed by atoms with Gasteiger partial charge in [0, 0.05) is 20.2 Å². The molecule has 1 aromatic carbocycles. The molecule has 0 saturated carbocycles. The second-order valence-electron chi connectivity index (χ2n) is 5.64. The molecule has 1 N–H and O–H groups in total. The van der Waals surface area contributed by atoms with Crippen LogP contribution in [0.3, 0.4) is 0 Å². The van der Waals surface area contributed by atoms with E-state index in [4.69, 9.17) is 14.6 Å². The predicted octanol–water partition coefficient (Wildman–Crippen LogP) is 1.04. The van der Waals surface area contributed by atoms with Crippen LogP contribution in [-0.2, 0) is 25.7 Å². The number of methoxy groups -OCH3 is 1. The Kier molecular flexibility index (Phi) is 8.00. The maximum absolute atomic E-state index is 13.3. The second kappa shape index (κ2) is 9.73. The van der Waals surface area contributed by atoms with Crippen molar-refractivity contribution in [2.45, 2.75) is 26.4 Å². The van der Waals surface area contributed by atoms with Gasteiger partial charge in [0.2, 0.25) is 11.8 Å². The number of carboxylic acid groups (broad SMARTS) is 1. The third-order valence-corrected chi connectivity index (χ3v) is 3.92. The van der Waals surface area contributed by atoms with Gasteiger partial charge in [-0.1, -0.05) is 12.1 Å². The van der Waals surface area contributed by atoms with Gasteiger partial charge in [0.15, 0.2) is 0 Å². The first-order valence-corrected chi connectivity index (χ1v) is 7.75. The summed E-state index contributed by atoms with van der Waals surface area (Å²) in [6.45, 7) is 4.34. The van der Waals surface area contributed by atoms with Crippen molar-refractivity contribution < 1.29 is 28.6 Å². The van der Waals surface area contributed by atoms with Gasteiger partial charge < -0.3 is 19.6 Å². The third-order valence-electron chi connectivity index (χ3n) is 3.92. The van der Waals surface area contributed by atoms with Crippen LogP contribution in [0.15, 0.2) is 18.2 Å². The molecule has 0 unspecified atom stereocenters. The number of benzene rings is 1. The summed E-state index contributed by atoms with van der Waals surface area (Å²) in [6.07, 6.45) is 0. The van der Waals surface area contributed by atoms with Gasteiger partial charge in [-0.05, 0) is 31.0 Å². The molecule has 1 aliphatic rings. The lowest BCUT2D eigenvalue weighted by Crippen LogP contribution is -2.58. The number of carbonyl (C=O) groups is 3. The van der Waals surface area contributed by atoms with Gasteiger partial charge in [-0.3, -0.25) is 14.4 Å². The number of hydrogen-bond donors (Lipinski definition) is 1. The number of halogens is 1. The minimum Gasteiger partial charge on any atom is -0.483 e. The lowest BCUT2D eigenvalue weighted by molar-refractivity contribution is -0.156. The van der Waals surface area contributed by atoms with Gasteiger partial charge in [-0.2, -0.15) is 0 Å². The van der Waals surface area contributed by atoms with E-state index in [1.54, 1.807) is 33.1 Å². The number of piperazine rings is 1. The van der Waals surface area contributed by atoms with E-state index in [1.807, 2.05) is 0 Å². The second-order valence-corrected chi connectivity index (χ2v) is 5.64. The SMILES string of the molecule is COCCN1CC(=O)N(Cc2ccc(F)c(C)c2)[C@@H](C)C1=O.O=CO. The maximum atomic E-state index is 13.3. The molecule has 1 aromatic rings. The van der Waals surface area contributed by atoms with Crippen LogP contribution >= 0.6 is 0 Å². The Bertz CT molecular complexity index is 623. The zero-order chi connectivity index (χ0) is 19.0. The van der Waals surface area contributed by atoms with E-state index >= 15 is 0 Å². The monoisotopic (exact) mass is 354 g/mol. The zero-order valence-corrected chi connectivity index (χ0v) is 14.6. The average Bonchev–Trinajstić information content (AvgIpc) is 2.57. The normalized spacial score (nSPS) is 17.2. The van der Waals surface area contributed by atoms with Crippen molar-refractivity contribution in [1.82, 2.24) is 9.80 Å². The van der Waals surface area contributed by atoms with E-state index in [0.717, 1.165) is 5.56 Å². The molecule has 1 atom stereocenters. The highest BCUT2D eigenvalue weighted by atomic mass is 19.1. The molecule has 1 fully saturated rings. The maximum Gasteiger partial charge on any atom is 0.290 e. The molecule has 0 radical (unpaired) electrons. The van der Waals surface area contributed by atoms with Crippen LogP contribution in [0.4, 0.5) is 4.39 Å². The summed E-state index contributed by atoms with van der Waals surface area (Å²) < 4.78 is 18.3. The number of ether oxygens (including phenoxy) is 1. The fraction of sp³-hybridized carbons (Fsp3) is 0.471. The van der Waals surface area contributed by atoms with Crippen molar-refractivity contribution >= 4 is 18.3 Å². The first-order valence-electron chi connectivity index (χ1n) is 7.75. The van der Waals surface area contributed by atoms with Gasteiger partial charge in [-0.25, -0.2) is 4.39 Å². The molecule has 138 valence electrons. The van der Waals surface area contributed by atoms with Gasteiger partial charge in [-0.15, -0.1) is 0 Å². The van der Waals surface area contributed by atoms with Gasteiger partial charge >= 0.3 is 0 Å². The number of nitrogens with zero attached hydrogens (tertiary/aromatic N) is 2. The fourth-order valence-corrected chi connectivity index (χ4v) is 2.56. The summed E-state index contributed by atoms with van der Waals surface area (Å²) >= 11 is 0. The summed E-state index contributed by atoms with van der Waals surface area (Å²) in [6, 6.07) is 4.21. The topological polar surface area (TPSA) is 87.2 Å². The van der Waals surface area contributed by atoms with E-state index in [9.17, 15) is 14.0 Å². The van der Waals surface area contributed by atoms with Crippen molar-refractivity contribution in [3.63, 3.8) is 0 Å². The molecule has 0 bridgehead atoms. The van der Waals surface area contributed by atoms with Crippen LogP contribution in [0.1, 0.15) is 18.1 Å². The minimum absolute atomic E-state index is 0.0622. The van der Waals surface area contributed by atoms with Gasteiger partial charge in [0.25, 0.3) is 6.47 Å². The summed E-state index contributed by atoms with van der Waals surface area (Å²) in [4.78, 5) is 36.0. The van der Waals surface area contributed by atoms with Crippen molar-refractivity contribution in [3.05, 3.63) is 35.1 Å². The lowest BCUT2D eigenvalue weighted by Gasteiger charge is -2.38. The summed E-state index contributed by atoms with van der Waals surface area (Å²) in [5.41, 5.74) is 1.35. The molecule has 8 heteroatoms. The van der Waals surface area contributed by atoms with Crippen LogP contribution in [0.5, 0.6) is 0 Å². The molecule has 2 rings (SSSR count). The van der Waals surface area contributed by atoms with Gasteiger partial charge in [0.05, 0.1) is 13.2 Å². The van der Waals surface area contributed by atoms with Crippen LogP contribution in [0.25, 0.3) is 0 Å². The first-order chi connectivity index (χ1) is 11.8. The Morgan fingerprint density at radius 3 is 2.60 bits per heavy atom. The smallest absolute Gasteiger partial charge is 0.290 e. The molecular weight excluding hydrogens is 331 g/mol. The molecule has 1 saturated heterocycles. The third kappa shape index (κ3) is 5.53. The van der Waals surface area contributed by atoms with E-state index in [1.165, 1.54) is 15.9 Å². The molecule has 25 heavy (non-hydrogen) atoms. The van der Waals surface area contributed by atoms with Crippen molar-refractivity contribution in [2.24, 2.45) is 0 Å². The minimum atomic E-state index is -0.525. The highest BCUT2D eigenvalue weighted by Crippen LogP contribution is 2.18.